The number of nitrogens with zero attached hydrogens (tertiary/aromatic N) is 2. The second-order valence-corrected chi connectivity index (χ2v) is 8.54. The summed E-state index contributed by atoms with van der Waals surface area (Å²) in [5, 5.41) is 5.39. The Balaban J connectivity index is 1.32. The van der Waals surface area contributed by atoms with Crippen molar-refractivity contribution < 1.29 is 19.2 Å². The second-order valence-electron chi connectivity index (χ2n) is 8.54. The Labute approximate surface area is 185 Å². The van der Waals surface area contributed by atoms with Crippen molar-refractivity contribution in [1.82, 2.24) is 5.32 Å². The van der Waals surface area contributed by atoms with Crippen LogP contribution in [0, 0.1) is 12.8 Å². The van der Waals surface area contributed by atoms with Crippen LogP contribution >= 0.6 is 0 Å². The highest BCUT2D eigenvalue weighted by molar-refractivity contribution is 6.20. The molecule has 2 heterocycles. The molecule has 5 rings (SSSR count). The van der Waals surface area contributed by atoms with E-state index in [-0.39, 0.29) is 30.7 Å². The number of nitrogens with one attached hydrogen (secondary N) is 2. The molecule has 5 amide bonds. The average molecular weight is 432 g/mol. The smallest absolute Gasteiger partial charge is 0.328 e. The maximum absolute atomic E-state index is 13.0. The monoisotopic (exact) mass is 432 g/mol. The van der Waals surface area contributed by atoms with Crippen LogP contribution in [0.25, 0.3) is 0 Å². The fourth-order valence-electron chi connectivity index (χ4n) is 4.76. The van der Waals surface area contributed by atoms with Gasteiger partial charge in [-0.25, -0.2) is 9.69 Å². The van der Waals surface area contributed by atoms with Crippen molar-refractivity contribution >= 4 is 40.8 Å². The Kier molecular flexibility index (Phi) is 4.92. The number of rotatable bonds is 4. The summed E-state index contributed by atoms with van der Waals surface area (Å²) in [4.78, 5) is 52.5. The topological polar surface area (TPSA) is 98.8 Å². The van der Waals surface area contributed by atoms with E-state index in [1.54, 1.807) is 30.0 Å². The molecule has 1 aliphatic carbocycles. The van der Waals surface area contributed by atoms with Crippen LogP contribution in [0.4, 0.5) is 21.9 Å². The average Bonchev–Trinajstić information content (AvgIpc) is 3.48. The Morgan fingerprint density at radius 3 is 2.66 bits per heavy atom. The van der Waals surface area contributed by atoms with E-state index >= 15 is 0 Å². The molecule has 0 radical (unpaired) electrons. The minimum absolute atomic E-state index is 0.0441. The molecule has 1 unspecified atom stereocenters. The SMILES string of the molecule is Cc1c(NC(=O)C2CC(=O)N(c3ccc4c(c3)CCC4)C2)cccc1N1C(=O)CNC1=O. The third-order valence-electron chi connectivity index (χ3n) is 6.54. The van der Waals surface area contributed by atoms with Crippen molar-refractivity contribution in [2.24, 2.45) is 5.92 Å². The highest BCUT2D eigenvalue weighted by atomic mass is 16.2. The number of benzene rings is 2. The summed E-state index contributed by atoms with van der Waals surface area (Å²) in [5.41, 5.74) is 5.05. The first-order valence-electron chi connectivity index (χ1n) is 10.9. The van der Waals surface area contributed by atoms with E-state index in [2.05, 4.69) is 22.8 Å². The number of fused-ring (bicyclic) bond motifs is 1. The number of amides is 5. The summed E-state index contributed by atoms with van der Waals surface area (Å²) in [7, 11) is 0. The van der Waals surface area contributed by atoms with Crippen molar-refractivity contribution in [3.63, 3.8) is 0 Å². The maximum atomic E-state index is 13.0. The molecule has 0 bridgehead atoms. The van der Waals surface area contributed by atoms with Crippen LogP contribution in [0.15, 0.2) is 36.4 Å². The van der Waals surface area contributed by atoms with E-state index in [1.165, 1.54) is 11.1 Å². The lowest BCUT2D eigenvalue weighted by Gasteiger charge is -2.20. The number of carbonyl (C=O) groups excluding carboxylic acids is 4. The van der Waals surface area contributed by atoms with Gasteiger partial charge >= 0.3 is 6.03 Å². The quantitative estimate of drug-likeness (QED) is 0.726. The van der Waals surface area contributed by atoms with Gasteiger partial charge in [0.2, 0.25) is 11.8 Å². The second kappa shape index (κ2) is 7.78. The molecule has 0 saturated carbocycles. The normalized spacial score (nSPS) is 20.0. The van der Waals surface area contributed by atoms with E-state index in [4.69, 9.17) is 0 Å². The minimum Gasteiger partial charge on any atom is -0.328 e. The van der Waals surface area contributed by atoms with Crippen molar-refractivity contribution in [3.05, 3.63) is 53.1 Å². The molecular formula is C24H24N4O4. The highest BCUT2D eigenvalue weighted by Gasteiger charge is 2.36. The predicted molar refractivity (Wildman–Crippen MR) is 120 cm³/mol. The van der Waals surface area contributed by atoms with Gasteiger partial charge in [0.15, 0.2) is 0 Å². The van der Waals surface area contributed by atoms with Crippen LogP contribution in [-0.4, -0.2) is 36.8 Å². The Hall–Kier alpha value is -3.68. The van der Waals surface area contributed by atoms with Crippen LogP contribution in [-0.2, 0) is 27.2 Å². The number of imide groups is 1. The van der Waals surface area contributed by atoms with Gasteiger partial charge < -0.3 is 15.5 Å². The Morgan fingerprint density at radius 1 is 1.06 bits per heavy atom. The first-order chi connectivity index (χ1) is 15.4. The summed E-state index contributed by atoms with van der Waals surface area (Å²) >= 11 is 0. The lowest BCUT2D eigenvalue weighted by Crippen LogP contribution is -2.32. The number of anilines is 3. The standard InChI is InChI=1S/C24H24N4O4/c1-14-19(6-3-7-20(14)28-22(30)12-25-24(28)32)26-23(31)17-11-21(29)27(13-17)18-9-8-15-4-2-5-16(15)10-18/h3,6-10,17H,2,4-5,11-13H2,1H3,(H,25,32)(H,26,31). The van der Waals surface area contributed by atoms with Gasteiger partial charge in [-0.3, -0.25) is 14.4 Å². The number of urea groups is 1. The summed E-state index contributed by atoms with van der Waals surface area (Å²) in [6, 6.07) is 10.7. The van der Waals surface area contributed by atoms with Crippen molar-refractivity contribution in [1.29, 1.82) is 0 Å². The van der Waals surface area contributed by atoms with Gasteiger partial charge in [-0.1, -0.05) is 12.1 Å². The summed E-state index contributed by atoms with van der Waals surface area (Å²) in [6.07, 6.45) is 3.40. The van der Waals surface area contributed by atoms with Crippen LogP contribution in [0.5, 0.6) is 0 Å². The van der Waals surface area contributed by atoms with Crippen LogP contribution in [0.1, 0.15) is 29.5 Å². The summed E-state index contributed by atoms with van der Waals surface area (Å²) in [6.45, 7) is 2.03. The Bertz CT molecular complexity index is 1140. The van der Waals surface area contributed by atoms with E-state index in [9.17, 15) is 19.2 Å². The molecule has 0 spiro atoms. The molecule has 2 saturated heterocycles. The van der Waals surface area contributed by atoms with Gasteiger partial charge in [0.1, 0.15) is 0 Å². The van der Waals surface area contributed by atoms with Gasteiger partial charge in [0, 0.05) is 24.3 Å². The van der Waals surface area contributed by atoms with Crippen molar-refractivity contribution in [2.75, 3.05) is 28.2 Å². The molecule has 2 aromatic rings. The van der Waals surface area contributed by atoms with Gasteiger partial charge in [-0.2, -0.15) is 0 Å². The van der Waals surface area contributed by atoms with E-state index in [0.717, 1.165) is 29.8 Å². The van der Waals surface area contributed by atoms with Crippen LogP contribution in [0.2, 0.25) is 0 Å². The molecule has 0 aromatic heterocycles. The first kappa shape index (κ1) is 20.2. The van der Waals surface area contributed by atoms with Gasteiger partial charge in [0.25, 0.3) is 5.91 Å². The summed E-state index contributed by atoms with van der Waals surface area (Å²) in [5.74, 6) is -1.13. The minimum atomic E-state index is -0.479. The molecule has 2 fully saturated rings. The van der Waals surface area contributed by atoms with Gasteiger partial charge in [-0.05, 0) is 67.1 Å². The first-order valence-corrected chi connectivity index (χ1v) is 10.9. The van der Waals surface area contributed by atoms with Gasteiger partial charge in [-0.15, -0.1) is 0 Å². The fraction of sp³-hybridized carbons (Fsp3) is 0.333. The molecule has 2 aliphatic heterocycles. The fourth-order valence-corrected chi connectivity index (χ4v) is 4.76. The number of aryl methyl sites for hydroxylation is 2. The molecule has 164 valence electrons. The highest BCUT2D eigenvalue weighted by Crippen LogP contribution is 2.32. The molecule has 1 atom stereocenters. The molecule has 8 nitrogen and oxygen atoms in total. The number of hydrogen-bond acceptors (Lipinski definition) is 4. The van der Waals surface area contributed by atoms with Crippen LogP contribution < -0.4 is 20.4 Å². The molecule has 2 N–H and O–H groups in total. The van der Waals surface area contributed by atoms with E-state index < -0.39 is 11.9 Å². The molecule has 8 heteroatoms. The lowest BCUT2D eigenvalue weighted by atomic mass is 10.1. The third kappa shape index (κ3) is 3.41. The Morgan fingerprint density at radius 2 is 1.88 bits per heavy atom. The molecule has 2 aromatic carbocycles. The molecule has 3 aliphatic rings. The zero-order valence-corrected chi connectivity index (χ0v) is 17.8. The molecular weight excluding hydrogens is 408 g/mol. The van der Waals surface area contributed by atoms with Crippen molar-refractivity contribution in [3.8, 4) is 0 Å². The number of carbonyl (C=O) groups is 4. The van der Waals surface area contributed by atoms with Crippen molar-refractivity contribution in [2.45, 2.75) is 32.6 Å². The third-order valence-corrected chi connectivity index (χ3v) is 6.54. The summed E-state index contributed by atoms with van der Waals surface area (Å²) < 4.78 is 0. The molecule has 32 heavy (non-hydrogen) atoms. The number of hydrogen-bond donors (Lipinski definition) is 2. The van der Waals surface area contributed by atoms with Crippen LogP contribution in [0.3, 0.4) is 0 Å². The van der Waals surface area contributed by atoms with Gasteiger partial charge in [0.05, 0.1) is 18.2 Å². The predicted octanol–water partition coefficient (Wildman–Crippen LogP) is 2.53. The maximum Gasteiger partial charge on any atom is 0.329 e. The lowest BCUT2D eigenvalue weighted by molar-refractivity contribution is -0.122. The zero-order chi connectivity index (χ0) is 22.4. The zero-order valence-electron chi connectivity index (χ0n) is 17.8. The largest absolute Gasteiger partial charge is 0.329 e. The van der Waals surface area contributed by atoms with E-state index in [1.807, 2.05) is 6.07 Å². The van der Waals surface area contributed by atoms with E-state index in [0.29, 0.717) is 23.5 Å².